The van der Waals surface area contributed by atoms with E-state index in [4.69, 9.17) is 18.9 Å². The second kappa shape index (κ2) is 10.3. The van der Waals surface area contributed by atoms with Gasteiger partial charge in [-0.2, -0.15) is 0 Å². The van der Waals surface area contributed by atoms with Gasteiger partial charge in [0.1, 0.15) is 5.76 Å². The van der Waals surface area contributed by atoms with E-state index >= 15 is 0 Å². The van der Waals surface area contributed by atoms with Gasteiger partial charge < -0.3 is 43.9 Å². The lowest BCUT2D eigenvalue weighted by atomic mass is 9.50. The Kier molecular flexibility index (Phi) is 7.18. The average molecular weight is 590 g/mol. The van der Waals surface area contributed by atoms with Crippen LogP contribution in [0.1, 0.15) is 44.7 Å². The lowest BCUT2D eigenvalue weighted by Crippen LogP contribution is -2.74. The Morgan fingerprint density at radius 1 is 1.05 bits per heavy atom. The van der Waals surface area contributed by atoms with Crippen molar-refractivity contribution in [1.82, 2.24) is 4.90 Å². The zero-order chi connectivity index (χ0) is 30.7. The van der Waals surface area contributed by atoms with Crippen LogP contribution in [0.4, 0.5) is 0 Å². The molecule has 3 N–H and O–H groups in total. The summed E-state index contributed by atoms with van der Waals surface area (Å²) < 4.78 is 26.3. The molecule has 226 valence electrons. The Labute approximate surface area is 239 Å². The minimum absolute atomic E-state index is 0.0548. The lowest BCUT2D eigenvalue weighted by Gasteiger charge is -2.61. The average Bonchev–Trinajstić information content (AvgIpc) is 3.27. The van der Waals surface area contributed by atoms with Gasteiger partial charge >= 0.3 is 29.8 Å². The highest BCUT2D eigenvalue weighted by Gasteiger charge is 2.72. The van der Waals surface area contributed by atoms with Crippen LogP contribution in [0.3, 0.4) is 0 Å². The number of nitrogens with zero attached hydrogens (tertiary/aromatic N) is 1. The maximum atomic E-state index is 13.1. The highest BCUT2D eigenvalue weighted by atomic mass is 16.6. The van der Waals surface area contributed by atoms with Crippen LogP contribution >= 0.6 is 0 Å². The summed E-state index contributed by atoms with van der Waals surface area (Å²) in [5.74, 6) is -6.27. The molecule has 0 unspecified atom stereocenters. The zero-order valence-corrected chi connectivity index (χ0v) is 23.3. The highest BCUT2D eigenvalue weighted by Crippen LogP contribution is 2.65. The van der Waals surface area contributed by atoms with Crippen molar-refractivity contribution in [1.29, 1.82) is 0 Å². The van der Waals surface area contributed by atoms with Gasteiger partial charge in [-0.3, -0.25) is 9.59 Å². The molecule has 1 aromatic rings. The number of ether oxygens (including phenoxy) is 5. The molecule has 2 aliphatic heterocycles. The van der Waals surface area contributed by atoms with Crippen LogP contribution < -0.4 is 4.74 Å². The van der Waals surface area contributed by atoms with Gasteiger partial charge in [0.15, 0.2) is 23.7 Å². The standard InChI is InChI=1S/C28H31NO13/c1-12(38-26(36)22(40-14(3)31)21(24(33)34)39-13(2)30)25(35)41-17-7-8-28(37)18-11-15-5-6-16(32)20-19(15)27(28,23(17)42-20)9-10-29(18)4/h5-7,12,18,21-23,32,37H,8-11H2,1-4H3,(H,33,34)/t12-,18+,21+,22+,23-,27-,28+/m0/s1. The molecule has 0 radical (unpaired) electrons. The summed E-state index contributed by atoms with van der Waals surface area (Å²) in [5.41, 5.74) is -0.701. The number of carbonyl (C=O) groups excluding carboxylic acids is 4. The van der Waals surface area contributed by atoms with Crippen LogP contribution in [0.25, 0.3) is 0 Å². The number of aromatic hydroxyl groups is 1. The fraction of sp³-hybridized carbons (Fsp3) is 0.536. The van der Waals surface area contributed by atoms with Crippen molar-refractivity contribution in [3.63, 3.8) is 0 Å². The number of hydrogen-bond donors (Lipinski definition) is 3. The number of likely N-dealkylation sites (N-methyl/N-ethyl adjacent to an activating group) is 1. The first-order valence-electron chi connectivity index (χ1n) is 13.3. The summed E-state index contributed by atoms with van der Waals surface area (Å²) in [6, 6.07) is 3.07. The monoisotopic (exact) mass is 589 g/mol. The van der Waals surface area contributed by atoms with Crippen molar-refractivity contribution < 1.29 is 63.0 Å². The molecule has 2 heterocycles. The maximum Gasteiger partial charge on any atom is 0.352 e. The molecule has 1 spiro atoms. The summed E-state index contributed by atoms with van der Waals surface area (Å²) in [4.78, 5) is 62.6. The summed E-state index contributed by atoms with van der Waals surface area (Å²) in [7, 11) is 1.93. The van der Waals surface area contributed by atoms with Crippen molar-refractivity contribution in [3.8, 4) is 11.5 Å². The first-order chi connectivity index (χ1) is 19.7. The lowest BCUT2D eigenvalue weighted by molar-refractivity contribution is -0.193. The predicted molar refractivity (Wildman–Crippen MR) is 137 cm³/mol. The number of phenolic OH excluding ortho intramolecular Hbond substituents is 1. The van der Waals surface area contributed by atoms with Gasteiger partial charge in [0.25, 0.3) is 0 Å². The molecule has 14 nitrogen and oxygen atoms in total. The third kappa shape index (κ3) is 4.36. The van der Waals surface area contributed by atoms with Gasteiger partial charge in [-0.15, -0.1) is 0 Å². The molecule has 4 aliphatic rings. The minimum Gasteiger partial charge on any atom is -0.504 e. The number of carbonyl (C=O) groups is 5. The van der Waals surface area contributed by atoms with E-state index in [2.05, 4.69) is 9.64 Å². The van der Waals surface area contributed by atoms with Crippen molar-refractivity contribution in [2.75, 3.05) is 13.6 Å². The number of benzene rings is 1. The number of carboxylic acid groups (broad SMARTS) is 1. The van der Waals surface area contributed by atoms with Crippen molar-refractivity contribution >= 4 is 29.8 Å². The van der Waals surface area contributed by atoms with E-state index in [-0.39, 0.29) is 29.7 Å². The SMILES string of the molecule is CC(=O)O[C@@H](C(=O)O)[C@@H](OC(C)=O)C(=O)O[C@@H](C)C(=O)OC1=CC[C@@]2(O)[C@H]3Cc4ccc(O)c5c4[C@@]2(CCN3C)[C@H]1O5. The van der Waals surface area contributed by atoms with Crippen molar-refractivity contribution in [2.24, 2.45) is 0 Å². The van der Waals surface area contributed by atoms with Gasteiger partial charge in [-0.1, -0.05) is 6.07 Å². The number of esters is 4. The Morgan fingerprint density at radius 3 is 2.36 bits per heavy atom. The van der Waals surface area contributed by atoms with Gasteiger partial charge in [0.05, 0.1) is 11.0 Å². The summed E-state index contributed by atoms with van der Waals surface area (Å²) in [6.07, 6.45) is -4.40. The first kappa shape index (κ1) is 29.3. The Bertz CT molecular complexity index is 1400. The van der Waals surface area contributed by atoms with Gasteiger partial charge in [-0.25, -0.2) is 14.4 Å². The van der Waals surface area contributed by atoms with Gasteiger partial charge in [-0.05, 0) is 51.1 Å². The van der Waals surface area contributed by atoms with Crippen LogP contribution in [0.5, 0.6) is 11.5 Å². The third-order valence-corrected chi connectivity index (χ3v) is 8.53. The van der Waals surface area contributed by atoms with E-state index in [0.717, 1.165) is 26.3 Å². The van der Waals surface area contributed by atoms with Crippen LogP contribution in [-0.2, 0) is 54.8 Å². The number of piperidine rings is 1. The Hall–Kier alpha value is -4.17. The summed E-state index contributed by atoms with van der Waals surface area (Å²) >= 11 is 0. The fourth-order valence-electron chi connectivity index (χ4n) is 6.76. The van der Waals surface area contributed by atoms with E-state index in [1.807, 2.05) is 7.05 Å². The number of hydrogen-bond acceptors (Lipinski definition) is 13. The highest BCUT2D eigenvalue weighted by molar-refractivity contribution is 5.89. The van der Waals surface area contributed by atoms with E-state index in [9.17, 15) is 39.3 Å². The largest absolute Gasteiger partial charge is 0.504 e. The smallest absolute Gasteiger partial charge is 0.352 e. The second-order valence-corrected chi connectivity index (χ2v) is 11.0. The number of aliphatic carboxylic acids is 1. The first-order valence-corrected chi connectivity index (χ1v) is 13.3. The third-order valence-electron chi connectivity index (χ3n) is 8.53. The molecule has 1 fully saturated rings. The van der Waals surface area contributed by atoms with E-state index in [1.54, 1.807) is 6.07 Å². The number of rotatable bonds is 8. The Morgan fingerprint density at radius 2 is 1.71 bits per heavy atom. The zero-order valence-electron chi connectivity index (χ0n) is 23.3. The quantitative estimate of drug-likeness (QED) is 0.273. The second-order valence-electron chi connectivity index (χ2n) is 11.0. The van der Waals surface area contributed by atoms with Gasteiger partial charge in [0, 0.05) is 31.9 Å². The van der Waals surface area contributed by atoms with E-state index in [0.29, 0.717) is 24.9 Å². The fourth-order valence-corrected chi connectivity index (χ4v) is 6.76. The molecule has 0 saturated carbocycles. The molecule has 2 aliphatic carbocycles. The minimum atomic E-state index is -2.23. The molecular formula is C28H31NO13. The van der Waals surface area contributed by atoms with E-state index in [1.165, 1.54) is 12.1 Å². The van der Waals surface area contributed by atoms with Crippen molar-refractivity contribution in [3.05, 3.63) is 35.1 Å². The molecule has 7 atom stereocenters. The molecule has 0 aromatic heterocycles. The van der Waals surface area contributed by atoms with Crippen LogP contribution in [-0.4, -0.2) is 99.7 Å². The molecule has 1 aromatic carbocycles. The summed E-state index contributed by atoms with van der Waals surface area (Å²) in [6.45, 7) is 3.57. The van der Waals surface area contributed by atoms with Crippen molar-refractivity contribution in [2.45, 2.75) is 81.5 Å². The van der Waals surface area contributed by atoms with Crippen LogP contribution in [0.15, 0.2) is 24.0 Å². The van der Waals surface area contributed by atoms with Gasteiger partial charge in [0.2, 0.25) is 12.2 Å². The molecular weight excluding hydrogens is 558 g/mol. The molecule has 14 heteroatoms. The predicted octanol–water partition coefficient (Wildman–Crippen LogP) is 0.0928. The molecule has 0 amide bonds. The molecule has 5 rings (SSSR count). The Balaban J connectivity index is 1.39. The number of phenols is 1. The molecule has 42 heavy (non-hydrogen) atoms. The topological polar surface area (TPSA) is 195 Å². The molecule has 2 bridgehead atoms. The molecule has 1 saturated heterocycles. The number of likely N-dealkylation sites (tertiary alicyclic amines) is 1. The maximum absolute atomic E-state index is 13.1. The summed E-state index contributed by atoms with van der Waals surface area (Å²) in [5, 5.41) is 32.2. The van der Waals surface area contributed by atoms with E-state index < -0.39 is 65.3 Å². The normalized spacial score (nSPS) is 29.0. The van der Waals surface area contributed by atoms with Crippen LogP contribution in [0.2, 0.25) is 0 Å². The van der Waals surface area contributed by atoms with Crippen LogP contribution in [0, 0.1) is 0 Å². The number of carboxylic acids is 1. The number of aliphatic hydroxyl groups is 1.